The molecule has 3 aromatic rings. The summed E-state index contributed by atoms with van der Waals surface area (Å²) in [6.07, 6.45) is 2.10. The van der Waals surface area contributed by atoms with Crippen LogP contribution in [0.1, 0.15) is 66.3 Å². The summed E-state index contributed by atoms with van der Waals surface area (Å²) in [6.45, 7) is 7.63. The second-order valence-corrected chi connectivity index (χ2v) is 12.7. The maximum atomic E-state index is 14.3. The first-order valence-corrected chi connectivity index (χ1v) is 16.5. The molecule has 4 N–H and O–H groups in total. The van der Waals surface area contributed by atoms with Crippen LogP contribution in [0.2, 0.25) is 0 Å². The monoisotopic (exact) mass is 660 g/mol. The van der Waals surface area contributed by atoms with Gasteiger partial charge in [0.25, 0.3) is 5.91 Å². The van der Waals surface area contributed by atoms with E-state index in [1.807, 2.05) is 51.2 Å². The van der Waals surface area contributed by atoms with Gasteiger partial charge in [0.05, 0.1) is 36.0 Å². The van der Waals surface area contributed by atoms with Crippen molar-refractivity contribution in [2.45, 2.75) is 64.8 Å². The molecule has 0 aliphatic carbocycles. The highest BCUT2D eigenvalue weighted by Crippen LogP contribution is 2.29. The van der Waals surface area contributed by atoms with Crippen LogP contribution in [0.5, 0.6) is 5.75 Å². The molecule has 48 heavy (non-hydrogen) atoms. The van der Waals surface area contributed by atoms with Crippen LogP contribution in [0.15, 0.2) is 72.8 Å². The third-order valence-corrected chi connectivity index (χ3v) is 8.49. The number of hydrogen-bond acceptors (Lipinski definition) is 7. The lowest BCUT2D eigenvalue weighted by Gasteiger charge is -2.36. The van der Waals surface area contributed by atoms with Crippen LogP contribution in [0, 0.1) is 5.92 Å². The van der Waals surface area contributed by atoms with Crippen molar-refractivity contribution in [1.82, 2.24) is 9.80 Å². The zero-order chi connectivity index (χ0) is 34.6. The number of carboxylic acid groups (broad SMARTS) is 1. The first-order chi connectivity index (χ1) is 23.0. The van der Waals surface area contributed by atoms with Gasteiger partial charge in [0, 0.05) is 43.5 Å². The molecule has 258 valence electrons. The van der Waals surface area contributed by atoms with Gasteiger partial charge >= 0.3 is 12.0 Å². The van der Waals surface area contributed by atoms with Crippen molar-refractivity contribution in [3.8, 4) is 5.75 Å². The van der Waals surface area contributed by atoms with Crippen molar-refractivity contribution in [2.75, 3.05) is 44.0 Å². The molecule has 11 heteroatoms. The standard InChI is InChI=1S/C37H48N4O7/c1-25-21-41(26(2)24-42)35(43)32-20-31(39-37(46)38-30-11-6-5-7-12-30)17-18-33(32)48-27(3)10-8-9-19-47-34(25)23-40(4)22-28-13-15-29(16-14-28)36(44)45/h5-7,11-18,20,25-27,34,42H,8-10,19,21-24H2,1-4H3,(H,44,45)(H2,38,39,46)/t25-,26+,27+,34-/m0/s1. The van der Waals surface area contributed by atoms with Gasteiger partial charge in [-0.05, 0) is 88.2 Å². The van der Waals surface area contributed by atoms with Gasteiger partial charge in [0.15, 0.2) is 0 Å². The lowest BCUT2D eigenvalue weighted by Crippen LogP contribution is -2.47. The smallest absolute Gasteiger partial charge is 0.335 e. The van der Waals surface area contributed by atoms with E-state index < -0.39 is 18.0 Å². The highest BCUT2D eigenvalue weighted by atomic mass is 16.5. The van der Waals surface area contributed by atoms with E-state index in [4.69, 9.17) is 9.47 Å². The fourth-order valence-corrected chi connectivity index (χ4v) is 5.71. The largest absolute Gasteiger partial charge is 0.490 e. The van der Waals surface area contributed by atoms with Gasteiger partial charge in [-0.25, -0.2) is 9.59 Å². The number of anilines is 2. The molecule has 1 aliphatic rings. The number of ether oxygens (including phenoxy) is 2. The highest BCUT2D eigenvalue weighted by Gasteiger charge is 2.30. The van der Waals surface area contributed by atoms with Crippen LogP contribution in [-0.2, 0) is 11.3 Å². The van der Waals surface area contributed by atoms with Gasteiger partial charge in [-0.3, -0.25) is 9.69 Å². The Morgan fingerprint density at radius 1 is 1.00 bits per heavy atom. The van der Waals surface area contributed by atoms with Crippen LogP contribution in [0.3, 0.4) is 0 Å². The Morgan fingerprint density at radius 3 is 2.40 bits per heavy atom. The maximum Gasteiger partial charge on any atom is 0.335 e. The number of carbonyl (C=O) groups excluding carboxylic acids is 2. The van der Waals surface area contributed by atoms with E-state index in [-0.39, 0.29) is 36.2 Å². The number of fused-ring (bicyclic) bond motifs is 1. The van der Waals surface area contributed by atoms with Gasteiger partial charge in [0.1, 0.15) is 5.75 Å². The molecule has 3 aromatic carbocycles. The molecule has 0 bridgehead atoms. The number of nitrogens with one attached hydrogen (secondary N) is 2. The molecule has 4 atom stereocenters. The molecule has 1 aliphatic heterocycles. The van der Waals surface area contributed by atoms with Gasteiger partial charge in [-0.2, -0.15) is 0 Å². The lowest BCUT2D eigenvalue weighted by molar-refractivity contribution is -0.0177. The summed E-state index contributed by atoms with van der Waals surface area (Å²) in [7, 11) is 1.99. The van der Waals surface area contributed by atoms with Gasteiger partial charge in [-0.15, -0.1) is 0 Å². The fourth-order valence-electron chi connectivity index (χ4n) is 5.71. The second kappa shape index (κ2) is 17.6. The third-order valence-electron chi connectivity index (χ3n) is 8.49. The molecule has 0 fully saturated rings. The minimum absolute atomic E-state index is 0.107. The molecule has 0 aromatic heterocycles. The first kappa shape index (κ1) is 36.4. The predicted octanol–water partition coefficient (Wildman–Crippen LogP) is 5.96. The third kappa shape index (κ3) is 10.5. The summed E-state index contributed by atoms with van der Waals surface area (Å²) < 4.78 is 12.7. The van der Waals surface area contributed by atoms with E-state index in [2.05, 4.69) is 15.5 Å². The number of likely N-dealkylation sites (N-methyl/N-ethyl adjacent to an activating group) is 1. The molecule has 0 saturated heterocycles. The molecule has 0 spiro atoms. The average Bonchev–Trinajstić information content (AvgIpc) is 3.06. The highest BCUT2D eigenvalue weighted by molar-refractivity contribution is 6.02. The number of aromatic carboxylic acids is 1. The van der Waals surface area contributed by atoms with E-state index in [1.54, 1.807) is 54.3 Å². The van der Waals surface area contributed by atoms with E-state index in [0.29, 0.717) is 48.9 Å². The van der Waals surface area contributed by atoms with Crippen LogP contribution in [0.4, 0.5) is 16.2 Å². The normalized spacial score (nSPS) is 19.8. The summed E-state index contributed by atoms with van der Waals surface area (Å²) in [5.74, 6) is -0.968. The van der Waals surface area contributed by atoms with Crippen molar-refractivity contribution < 1.29 is 34.1 Å². The Bertz CT molecular complexity index is 1500. The van der Waals surface area contributed by atoms with Gasteiger partial charge in [-0.1, -0.05) is 37.3 Å². The number of hydrogen-bond donors (Lipinski definition) is 4. The molecule has 0 saturated carbocycles. The number of benzene rings is 3. The Balaban J connectivity index is 1.57. The van der Waals surface area contributed by atoms with Crippen molar-refractivity contribution in [2.24, 2.45) is 5.92 Å². The molecule has 11 nitrogen and oxygen atoms in total. The summed E-state index contributed by atoms with van der Waals surface area (Å²) in [5, 5.41) is 25.1. The number of nitrogens with zero attached hydrogens (tertiary/aromatic N) is 2. The van der Waals surface area contributed by atoms with E-state index in [0.717, 1.165) is 24.8 Å². The molecule has 3 amide bonds. The van der Waals surface area contributed by atoms with Crippen molar-refractivity contribution in [3.05, 3.63) is 89.5 Å². The van der Waals surface area contributed by atoms with Gasteiger partial charge in [0.2, 0.25) is 0 Å². The van der Waals surface area contributed by atoms with Crippen molar-refractivity contribution in [3.63, 3.8) is 0 Å². The van der Waals surface area contributed by atoms with E-state index >= 15 is 0 Å². The average molecular weight is 661 g/mol. The molecule has 4 rings (SSSR count). The van der Waals surface area contributed by atoms with Crippen LogP contribution in [-0.4, -0.2) is 89.5 Å². The lowest BCUT2D eigenvalue weighted by atomic mass is 10.0. The summed E-state index contributed by atoms with van der Waals surface area (Å²) >= 11 is 0. The Kier molecular flexibility index (Phi) is 13.4. The SMILES string of the molecule is C[C@@H]1CCCCO[C@@H](CN(C)Cc2ccc(C(=O)O)cc2)[C@@H](C)CN([C@H](C)CO)C(=O)c2cc(NC(=O)Nc3ccccc3)ccc2O1. The van der Waals surface area contributed by atoms with Crippen molar-refractivity contribution >= 4 is 29.3 Å². The fraction of sp³-hybridized carbons (Fsp3) is 0.432. The zero-order valence-corrected chi connectivity index (χ0v) is 28.2. The van der Waals surface area contributed by atoms with Crippen LogP contribution < -0.4 is 15.4 Å². The topological polar surface area (TPSA) is 141 Å². The second-order valence-electron chi connectivity index (χ2n) is 12.7. The van der Waals surface area contributed by atoms with Crippen LogP contribution in [0.25, 0.3) is 0 Å². The molecule has 1 heterocycles. The Labute approximate surface area is 282 Å². The number of amides is 3. The number of urea groups is 1. The molecular weight excluding hydrogens is 612 g/mol. The number of rotatable bonds is 9. The minimum atomic E-state index is -0.960. The molecular formula is C37H48N4O7. The number of aliphatic hydroxyl groups excluding tert-OH is 1. The molecule has 0 radical (unpaired) electrons. The number of aliphatic hydroxyl groups is 1. The summed E-state index contributed by atoms with van der Waals surface area (Å²) in [5.41, 5.74) is 2.58. The zero-order valence-electron chi connectivity index (χ0n) is 28.2. The predicted molar refractivity (Wildman–Crippen MR) is 186 cm³/mol. The Hall–Kier alpha value is -4.45. The number of carboxylic acids is 1. The van der Waals surface area contributed by atoms with Gasteiger partial charge < -0.3 is 35.2 Å². The van der Waals surface area contributed by atoms with Crippen LogP contribution >= 0.6 is 0 Å². The quantitative estimate of drug-likeness (QED) is 0.221. The molecule has 0 unspecified atom stereocenters. The maximum absolute atomic E-state index is 14.3. The van der Waals surface area contributed by atoms with E-state index in [9.17, 15) is 24.6 Å². The first-order valence-electron chi connectivity index (χ1n) is 16.5. The minimum Gasteiger partial charge on any atom is -0.490 e. The number of carbonyl (C=O) groups is 3. The number of para-hydroxylation sites is 1. The summed E-state index contributed by atoms with van der Waals surface area (Å²) in [6, 6.07) is 20.0. The van der Waals surface area contributed by atoms with E-state index in [1.165, 1.54) is 0 Å². The van der Waals surface area contributed by atoms with Crippen molar-refractivity contribution in [1.29, 1.82) is 0 Å². The Morgan fingerprint density at radius 2 is 1.71 bits per heavy atom. The summed E-state index contributed by atoms with van der Waals surface area (Å²) in [4.78, 5) is 42.2.